The van der Waals surface area contributed by atoms with Crippen molar-refractivity contribution in [1.29, 1.82) is 0 Å². The number of allylic oxidation sites excluding steroid dienone is 2. The Balaban J connectivity index is 2.82. The van der Waals surface area contributed by atoms with E-state index in [0.717, 1.165) is 0 Å². The lowest BCUT2D eigenvalue weighted by atomic mass is 10.1. The van der Waals surface area contributed by atoms with Crippen LogP contribution < -0.4 is 0 Å². The van der Waals surface area contributed by atoms with Gasteiger partial charge in [0, 0.05) is 5.57 Å². The fourth-order valence-electron chi connectivity index (χ4n) is 0.659. The van der Waals surface area contributed by atoms with Crippen molar-refractivity contribution in [1.82, 2.24) is 0 Å². The summed E-state index contributed by atoms with van der Waals surface area (Å²) in [5.41, 5.74) is 5.94. The van der Waals surface area contributed by atoms with Crippen LogP contribution in [0.25, 0.3) is 0 Å². The molecule has 2 N–H and O–H groups in total. The molecule has 0 saturated heterocycles. The van der Waals surface area contributed by atoms with Gasteiger partial charge in [-0.2, -0.15) is 0 Å². The van der Waals surface area contributed by atoms with Crippen molar-refractivity contribution in [3.05, 3.63) is 35.3 Å². The molecular weight excluding hydrogens is 128 g/mol. The Kier molecular flexibility index (Phi) is 2.27. The molecule has 2 heteroatoms. The summed E-state index contributed by atoms with van der Waals surface area (Å²) in [6.45, 7) is -0.269. The largest absolute Gasteiger partial charge is 0.393 e. The molecule has 0 spiro atoms. The van der Waals surface area contributed by atoms with Gasteiger partial charge in [-0.15, -0.1) is 0 Å². The monoisotopic (exact) mass is 136 g/mol. The Morgan fingerprint density at radius 2 is 2.40 bits per heavy atom. The van der Waals surface area contributed by atoms with E-state index in [4.69, 9.17) is 10.2 Å². The van der Waals surface area contributed by atoms with Crippen molar-refractivity contribution < 1.29 is 10.2 Å². The van der Waals surface area contributed by atoms with E-state index < -0.39 is 6.10 Å². The Morgan fingerprint density at radius 1 is 1.60 bits per heavy atom. The minimum Gasteiger partial charge on any atom is -0.393 e. The molecule has 2 nitrogen and oxygen atoms in total. The molecule has 1 aliphatic rings. The van der Waals surface area contributed by atoms with Crippen LogP contribution in [0, 0.1) is 0 Å². The first-order valence-corrected chi connectivity index (χ1v) is 3.02. The molecule has 52 valence electrons. The molecule has 1 aliphatic carbocycles. The number of aliphatic hydroxyl groups is 2. The molecule has 0 amide bonds. The summed E-state index contributed by atoms with van der Waals surface area (Å²) >= 11 is 0. The quantitative estimate of drug-likeness (QED) is 0.530. The lowest BCUT2D eigenvalue weighted by Gasteiger charge is -2.04. The van der Waals surface area contributed by atoms with E-state index >= 15 is 0 Å². The van der Waals surface area contributed by atoms with Crippen LogP contribution in [0.15, 0.2) is 35.3 Å². The minimum atomic E-state index is -0.822. The Morgan fingerprint density at radius 3 is 2.90 bits per heavy atom. The standard InChI is InChI=1S/C8H8O2/c9-6-8(10)7-4-2-1-3-5-7/h1-2,4,8-10H,6H2. The second-order valence-corrected chi connectivity index (χ2v) is 1.95. The van der Waals surface area contributed by atoms with Crippen LogP contribution in [0.2, 0.25) is 0 Å². The lowest BCUT2D eigenvalue weighted by Crippen LogP contribution is -2.13. The van der Waals surface area contributed by atoms with Crippen molar-refractivity contribution >= 4 is 0 Å². The zero-order valence-electron chi connectivity index (χ0n) is 5.41. The predicted molar refractivity (Wildman–Crippen MR) is 37.3 cm³/mol. The zero-order valence-corrected chi connectivity index (χ0v) is 5.41. The maximum Gasteiger partial charge on any atom is 0.110 e. The van der Waals surface area contributed by atoms with Crippen molar-refractivity contribution in [2.45, 2.75) is 6.10 Å². The summed E-state index contributed by atoms with van der Waals surface area (Å²) in [5, 5.41) is 17.5. The molecule has 0 bridgehead atoms. The van der Waals surface area contributed by atoms with Gasteiger partial charge in [0.25, 0.3) is 0 Å². The molecule has 0 aromatic carbocycles. The van der Waals surface area contributed by atoms with Crippen LogP contribution in [0.4, 0.5) is 0 Å². The number of hydrogen-bond acceptors (Lipinski definition) is 2. The first-order chi connectivity index (χ1) is 4.84. The third-order valence-corrected chi connectivity index (χ3v) is 1.20. The van der Waals surface area contributed by atoms with Crippen LogP contribution in [0.5, 0.6) is 0 Å². The van der Waals surface area contributed by atoms with Gasteiger partial charge in [-0.05, 0) is 12.2 Å². The average molecular weight is 136 g/mol. The van der Waals surface area contributed by atoms with Crippen molar-refractivity contribution in [3.8, 4) is 0 Å². The maximum atomic E-state index is 9.03. The van der Waals surface area contributed by atoms with Gasteiger partial charge in [-0.25, -0.2) is 0 Å². The molecule has 0 aliphatic heterocycles. The van der Waals surface area contributed by atoms with Crippen molar-refractivity contribution in [3.63, 3.8) is 0 Å². The maximum absolute atomic E-state index is 9.03. The van der Waals surface area contributed by atoms with E-state index in [9.17, 15) is 0 Å². The first-order valence-electron chi connectivity index (χ1n) is 3.02. The van der Waals surface area contributed by atoms with E-state index in [-0.39, 0.29) is 6.61 Å². The molecule has 0 radical (unpaired) electrons. The third-order valence-electron chi connectivity index (χ3n) is 1.20. The Bertz CT molecular complexity index is 238. The van der Waals surface area contributed by atoms with Crippen LogP contribution in [0.1, 0.15) is 0 Å². The van der Waals surface area contributed by atoms with E-state index in [0.29, 0.717) is 5.57 Å². The lowest BCUT2D eigenvalue weighted by molar-refractivity contribution is 0.125. The topological polar surface area (TPSA) is 40.5 Å². The van der Waals surface area contributed by atoms with Gasteiger partial charge in [-0.3, -0.25) is 0 Å². The molecule has 0 saturated carbocycles. The summed E-state index contributed by atoms with van der Waals surface area (Å²) in [5.74, 6) is 0. The number of hydrogen-bond donors (Lipinski definition) is 2. The highest BCUT2D eigenvalue weighted by atomic mass is 16.3. The van der Waals surface area contributed by atoms with Crippen molar-refractivity contribution in [2.24, 2.45) is 0 Å². The Hall–Kier alpha value is -1.04. The van der Waals surface area contributed by atoms with Gasteiger partial charge in [0.05, 0.1) is 6.61 Å². The van der Waals surface area contributed by atoms with E-state index in [1.165, 1.54) is 0 Å². The molecular formula is C8H8O2. The molecule has 0 heterocycles. The molecule has 1 atom stereocenters. The summed E-state index contributed by atoms with van der Waals surface area (Å²) in [6, 6.07) is 0. The van der Waals surface area contributed by atoms with Crippen LogP contribution in [-0.2, 0) is 0 Å². The fraction of sp³-hybridized carbons (Fsp3) is 0.250. The molecule has 0 aromatic heterocycles. The Labute approximate surface area is 59.1 Å². The van der Waals surface area contributed by atoms with E-state index in [2.05, 4.69) is 11.5 Å². The van der Waals surface area contributed by atoms with Gasteiger partial charge < -0.3 is 10.2 Å². The van der Waals surface area contributed by atoms with Crippen LogP contribution >= 0.6 is 0 Å². The van der Waals surface area contributed by atoms with Crippen LogP contribution in [0.3, 0.4) is 0 Å². The first kappa shape index (κ1) is 7.07. The highest BCUT2D eigenvalue weighted by molar-refractivity contribution is 5.28. The van der Waals surface area contributed by atoms with Gasteiger partial charge in [0.2, 0.25) is 0 Å². The third kappa shape index (κ3) is 1.47. The summed E-state index contributed by atoms with van der Waals surface area (Å²) < 4.78 is 0. The molecule has 0 fully saturated rings. The second-order valence-electron chi connectivity index (χ2n) is 1.95. The van der Waals surface area contributed by atoms with E-state index in [1.54, 1.807) is 18.2 Å². The van der Waals surface area contributed by atoms with E-state index in [1.807, 2.05) is 0 Å². The normalized spacial score (nSPS) is 17.2. The van der Waals surface area contributed by atoms with Gasteiger partial charge in [0.1, 0.15) is 6.10 Å². The van der Waals surface area contributed by atoms with Gasteiger partial charge in [0.15, 0.2) is 0 Å². The van der Waals surface area contributed by atoms with Crippen molar-refractivity contribution in [2.75, 3.05) is 6.61 Å². The average Bonchev–Trinajstić information content (AvgIpc) is 2.05. The molecule has 1 unspecified atom stereocenters. The SMILES string of the molecule is OCC(O)C1=C=C=CC=C1. The highest BCUT2D eigenvalue weighted by Gasteiger charge is 2.05. The van der Waals surface area contributed by atoms with Gasteiger partial charge in [-0.1, -0.05) is 17.5 Å². The molecule has 10 heavy (non-hydrogen) atoms. The fourth-order valence-corrected chi connectivity index (χ4v) is 0.659. The highest BCUT2D eigenvalue weighted by Crippen LogP contribution is 2.03. The number of rotatable bonds is 2. The summed E-state index contributed by atoms with van der Waals surface area (Å²) in [4.78, 5) is 0. The van der Waals surface area contributed by atoms with Gasteiger partial charge >= 0.3 is 0 Å². The molecule has 1 rings (SSSR count). The zero-order chi connectivity index (χ0) is 7.40. The predicted octanol–water partition coefficient (Wildman–Crippen LogP) is 0.146. The molecule has 0 aromatic rings. The second kappa shape index (κ2) is 3.21. The smallest absolute Gasteiger partial charge is 0.110 e. The summed E-state index contributed by atoms with van der Waals surface area (Å²) in [6.07, 6.45) is 4.30. The minimum absolute atomic E-state index is 0.269. The summed E-state index contributed by atoms with van der Waals surface area (Å²) in [7, 11) is 0. The number of aliphatic hydroxyl groups excluding tert-OH is 2. The van der Waals surface area contributed by atoms with Crippen LogP contribution in [-0.4, -0.2) is 22.9 Å².